The Morgan fingerprint density at radius 3 is 2.42 bits per heavy atom. The molecule has 0 spiro atoms. The Bertz CT molecular complexity index is 1090. The fourth-order valence-corrected chi connectivity index (χ4v) is 3.99. The molecule has 3 aromatic rings. The average molecular weight is 458 g/mol. The molecular formula is C22H24ClN5O2S. The van der Waals surface area contributed by atoms with Gasteiger partial charge in [0.2, 0.25) is 5.91 Å². The van der Waals surface area contributed by atoms with Crippen LogP contribution in [0.2, 0.25) is 5.02 Å². The SMILES string of the molecule is COc1ccc(CN2CCN(C(=O)Cn3c(-c4ccc(Cl)cc4)n[nH]c3=S)CC2)cc1. The van der Waals surface area contributed by atoms with Crippen LogP contribution in [-0.4, -0.2) is 63.8 Å². The van der Waals surface area contributed by atoms with Gasteiger partial charge in [-0.25, -0.2) is 0 Å². The van der Waals surface area contributed by atoms with Crippen LogP contribution in [0.4, 0.5) is 0 Å². The van der Waals surface area contributed by atoms with Crippen molar-refractivity contribution in [1.29, 1.82) is 0 Å². The summed E-state index contributed by atoms with van der Waals surface area (Å²) >= 11 is 11.3. The van der Waals surface area contributed by atoms with Gasteiger partial charge in [0.1, 0.15) is 12.3 Å². The van der Waals surface area contributed by atoms with Gasteiger partial charge in [-0.15, -0.1) is 0 Å². The molecule has 162 valence electrons. The number of halogens is 1. The minimum absolute atomic E-state index is 0.0387. The molecule has 9 heteroatoms. The minimum atomic E-state index is 0.0387. The first-order valence-corrected chi connectivity index (χ1v) is 10.9. The lowest BCUT2D eigenvalue weighted by Gasteiger charge is -2.35. The van der Waals surface area contributed by atoms with Crippen molar-refractivity contribution >= 4 is 29.7 Å². The fraction of sp³-hybridized carbons (Fsp3) is 0.318. The van der Waals surface area contributed by atoms with E-state index in [-0.39, 0.29) is 12.5 Å². The molecule has 1 N–H and O–H groups in total. The Hall–Kier alpha value is -2.68. The Balaban J connectivity index is 1.36. The third-order valence-electron chi connectivity index (χ3n) is 5.44. The minimum Gasteiger partial charge on any atom is -0.497 e. The van der Waals surface area contributed by atoms with Gasteiger partial charge in [0, 0.05) is 43.3 Å². The molecule has 1 saturated heterocycles. The predicted octanol–water partition coefficient (Wildman–Crippen LogP) is 3.61. The zero-order valence-corrected chi connectivity index (χ0v) is 18.8. The second-order valence-electron chi connectivity index (χ2n) is 7.45. The summed E-state index contributed by atoms with van der Waals surface area (Å²) in [7, 11) is 1.67. The number of nitrogens with one attached hydrogen (secondary N) is 1. The summed E-state index contributed by atoms with van der Waals surface area (Å²) in [5, 5.41) is 7.74. The number of carbonyl (C=O) groups is 1. The molecule has 0 unspecified atom stereocenters. The summed E-state index contributed by atoms with van der Waals surface area (Å²) in [6, 6.07) is 15.4. The standard InChI is InChI=1S/C22H24ClN5O2S/c1-30-19-8-2-16(3-9-19)14-26-10-12-27(13-11-26)20(29)15-28-21(24-25-22(28)31)17-4-6-18(23)7-5-17/h2-9H,10-15H2,1H3,(H,25,31). The topological polar surface area (TPSA) is 66.4 Å². The van der Waals surface area contributed by atoms with Gasteiger partial charge in [0.05, 0.1) is 7.11 Å². The summed E-state index contributed by atoms with van der Waals surface area (Å²) in [5.74, 6) is 1.53. The Morgan fingerprint density at radius 2 is 1.77 bits per heavy atom. The molecule has 0 radical (unpaired) electrons. The van der Waals surface area contributed by atoms with Crippen molar-refractivity contribution in [1.82, 2.24) is 24.6 Å². The molecule has 2 aromatic carbocycles. The summed E-state index contributed by atoms with van der Waals surface area (Å²) in [6.07, 6.45) is 0. The van der Waals surface area contributed by atoms with E-state index in [1.54, 1.807) is 23.8 Å². The first kappa shape index (κ1) is 21.5. The molecule has 1 aromatic heterocycles. The van der Waals surface area contributed by atoms with Crippen LogP contribution in [0.1, 0.15) is 5.56 Å². The number of H-pyrrole nitrogens is 1. The van der Waals surface area contributed by atoms with Gasteiger partial charge in [-0.3, -0.25) is 19.4 Å². The van der Waals surface area contributed by atoms with Gasteiger partial charge < -0.3 is 9.64 Å². The molecule has 7 nitrogen and oxygen atoms in total. The quantitative estimate of drug-likeness (QED) is 0.573. The maximum atomic E-state index is 13.0. The summed E-state index contributed by atoms with van der Waals surface area (Å²) < 4.78 is 7.38. The highest BCUT2D eigenvalue weighted by atomic mass is 35.5. The number of carbonyl (C=O) groups excluding carboxylic acids is 1. The monoisotopic (exact) mass is 457 g/mol. The zero-order valence-electron chi connectivity index (χ0n) is 17.3. The number of piperazine rings is 1. The van der Waals surface area contributed by atoms with Crippen LogP contribution in [-0.2, 0) is 17.9 Å². The number of nitrogens with zero attached hydrogens (tertiary/aromatic N) is 4. The van der Waals surface area contributed by atoms with Crippen LogP contribution in [0.25, 0.3) is 11.4 Å². The van der Waals surface area contributed by atoms with Gasteiger partial charge in [0.15, 0.2) is 10.6 Å². The van der Waals surface area contributed by atoms with Crippen molar-refractivity contribution < 1.29 is 9.53 Å². The first-order chi connectivity index (χ1) is 15.0. The summed E-state index contributed by atoms with van der Waals surface area (Å²) in [5.41, 5.74) is 2.09. The number of hydrogen-bond donors (Lipinski definition) is 1. The van der Waals surface area contributed by atoms with Gasteiger partial charge >= 0.3 is 0 Å². The normalized spacial score (nSPS) is 14.6. The van der Waals surface area contributed by atoms with Crippen molar-refractivity contribution in [3.8, 4) is 17.1 Å². The molecule has 1 aliphatic rings. The van der Waals surface area contributed by atoms with E-state index in [4.69, 9.17) is 28.6 Å². The predicted molar refractivity (Wildman–Crippen MR) is 123 cm³/mol. The van der Waals surface area contributed by atoms with Crippen molar-refractivity contribution in [2.45, 2.75) is 13.1 Å². The van der Waals surface area contributed by atoms with Gasteiger partial charge in [-0.2, -0.15) is 5.10 Å². The van der Waals surface area contributed by atoms with Crippen LogP contribution in [0.15, 0.2) is 48.5 Å². The second kappa shape index (κ2) is 9.64. The Kier molecular flexibility index (Phi) is 6.70. The smallest absolute Gasteiger partial charge is 0.242 e. The molecule has 1 amide bonds. The van der Waals surface area contributed by atoms with E-state index < -0.39 is 0 Å². The number of hydrogen-bond acceptors (Lipinski definition) is 5. The molecule has 0 aliphatic carbocycles. The average Bonchev–Trinajstić information content (AvgIpc) is 3.15. The fourth-order valence-electron chi connectivity index (χ4n) is 3.66. The number of aromatic nitrogens is 3. The van der Waals surface area contributed by atoms with E-state index in [9.17, 15) is 4.79 Å². The highest BCUT2D eigenvalue weighted by molar-refractivity contribution is 7.71. The Morgan fingerprint density at radius 1 is 1.10 bits per heavy atom. The van der Waals surface area contributed by atoms with E-state index in [2.05, 4.69) is 27.2 Å². The van der Waals surface area contributed by atoms with Gasteiger partial charge in [-0.05, 0) is 54.2 Å². The summed E-state index contributed by atoms with van der Waals surface area (Å²) in [6.45, 7) is 4.06. The number of rotatable bonds is 6. The molecular weight excluding hydrogens is 434 g/mol. The third-order valence-corrected chi connectivity index (χ3v) is 6.01. The molecule has 0 bridgehead atoms. The van der Waals surface area contributed by atoms with Crippen LogP contribution in [0, 0.1) is 4.77 Å². The number of amides is 1. The molecule has 0 saturated carbocycles. The lowest BCUT2D eigenvalue weighted by atomic mass is 10.2. The molecule has 2 heterocycles. The number of benzene rings is 2. The van der Waals surface area contributed by atoms with Crippen molar-refractivity contribution in [2.75, 3.05) is 33.3 Å². The molecule has 0 atom stereocenters. The highest BCUT2D eigenvalue weighted by Gasteiger charge is 2.22. The molecule has 4 rings (SSSR count). The van der Waals surface area contributed by atoms with E-state index in [1.807, 2.05) is 29.2 Å². The lowest BCUT2D eigenvalue weighted by Crippen LogP contribution is -2.49. The molecule has 1 fully saturated rings. The highest BCUT2D eigenvalue weighted by Crippen LogP contribution is 2.20. The molecule has 1 aliphatic heterocycles. The Labute approximate surface area is 191 Å². The van der Waals surface area contributed by atoms with Crippen LogP contribution < -0.4 is 4.74 Å². The number of aromatic amines is 1. The summed E-state index contributed by atoms with van der Waals surface area (Å²) in [4.78, 5) is 17.2. The maximum Gasteiger partial charge on any atom is 0.242 e. The number of ether oxygens (including phenoxy) is 1. The largest absolute Gasteiger partial charge is 0.497 e. The van der Waals surface area contributed by atoms with E-state index >= 15 is 0 Å². The molecule has 31 heavy (non-hydrogen) atoms. The van der Waals surface area contributed by atoms with Crippen LogP contribution in [0.5, 0.6) is 5.75 Å². The van der Waals surface area contributed by atoms with E-state index in [0.29, 0.717) is 28.7 Å². The van der Waals surface area contributed by atoms with Crippen LogP contribution >= 0.6 is 23.8 Å². The maximum absolute atomic E-state index is 13.0. The van der Waals surface area contributed by atoms with Gasteiger partial charge in [-0.1, -0.05) is 23.7 Å². The van der Waals surface area contributed by atoms with Gasteiger partial charge in [0.25, 0.3) is 0 Å². The van der Waals surface area contributed by atoms with E-state index in [1.165, 1.54) is 5.56 Å². The van der Waals surface area contributed by atoms with Crippen LogP contribution in [0.3, 0.4) is 0 Å². The second-order valence-corrected chi connectivity index (χ2v) is 8.27. The number of methoxy groups -OCH3 is 1. The zero-order chi connectivity index (χ0) is 21.8. The van der Waals surface area contributed by atoms with Crippen molar-refractivity contribution in [3.05, 3.63) is 63.9 Å². The van der Waals surface area contributed by atoms with Crippen molar-refractivity contribution in [2.24, 2.45) is 0 Å². The van der Waals surface area contributed by atoms with Crippen molar-refractivity contribution in [3.63, 3.8) is 0 Å². The first-order valence-electron chi connectivity index (χ1n) is 10.1. The third kappa shape index (κ3) is 5.15. The lowest BCUT2D eigenvalue weighted by molar-refractivity contribution is -0.133. The van der Waals surface area contributed by atoms with E-state index in [0.717, 1.165) is 30.9 Å².